The molecule has 2 heteroatoms. The molecule has 2 fully saturated rings. The Bertz CT molecular complexity index is 370. The van der Waals surface area contributed by atoms with Gasteiger partial charge >= 0.3 is 0 Å². The summed E-state index contributed by atoms with van der Waals surface area (Å²) in [6.07, 6.45) is 8.30. The Labute approximate surface area is 117 Å². The largest absolute Gasteiger partial charge is 0.314 e. The van der Waals surface area contributed by atoms with Crippen LogP contribution >= 0.6 is 0 Å². The smallest absolute Gasteiger partial charge is 0.0236 e. The molecule has 0 saturated carbocycles. The number of likely N-dealkylation sites (tertiary alicyclic amines) is 1. The van der Waals surface area contributed by atoms with Crippen LogP contribution < -0.4 is 5.32 Å². The average molecular weight is 258 g/mol. The minimum Gasteiger partial charge on any atom is -0.314 e. The minimum absolute atomic E-state index is 0.773. The van der Waals surface area contributed by atoms with Crippen LogP contribution in [0.25, 0.3) is 0 Å². The first-order valence-electron chi connectivity index (χ1n) is 7.93. The highest BCUT2D eigenvalue weighted by Crippen LogP contribution is 2.25. The van der Waals surface area contributed by atoms with E-state index in [0.717, 1.165) is 18.6 Å². The third-order valence-corrected chi connectivity index (χ3v) is 4.70. The van der Waals surface area contributed by atoms with Crippen molar-refractivity contribution in [3.05, 3.63) is 35.9 Å². The van der Waals surface area contributed by atoms with Crippen LogP contribution in [0.5, 0.6) is 0 Å². The fourth-order valence-corrected chi connectivity index (χ4v) is 3.64. The van der Waals surface area contributed by atoms with Gasteiger partial charge in [0.2, 0.25) is 0 Å². The highest BCUT2D eigenvalue weighted by Gasteiger charge is 2.27. The first kappa shape index (κ1) is 13.1. The van der Waals surface area contributed by atoms with E-state index in [1.54, 1.807) is 0 Å². The summed E-state index contributed by atoms with van der Waals surface area (Å²) in [6.45, 7) is 3.65. The summed E-state index contributed by atoms with van der Waals surface area (Å²) in [7, 11) is 0. The summed E-state index contributed by atoms with van der Waals surface area (Å²) in [5.41, 5.74) is 1.46. The SMILES string of the molecule is c1ccc(CN2CCCC2CC2CCCCN2)cc1. The van der Waals surface area contributed by atoms with Crippen LogP contribution in [0.1, 0.15) is 44.1 Å². The molecule has 2 aliphatic rings. The van der Waals surface area contributed by atoms with E-state index in [2.05, 4.69) is 40.5 Å². The van der Waals surface area contributed by atoms with Crippen molar-refractivity contribution in [2.45, 2.75) is 57.2 Å². The molecule has 1 aromatic carbocycles. The van der Waals surface area contributed by atoms with E-state index in [1.165, 1.54) is 57.2 Å². The van der Waals surface area contributed by atoms with E-state index in [9.17, 15) is 0 Å². The highest BCUT2D eigenvalue weighted by molar-refractivity contribution is 5.14. The number of benzene rings is 1. The number of nitrogens with one attached hydrogen (secondary N) is 1. The lowest BCUT2D eigenvalue weighted by atomic mass is 9.97. The van der Waals surface area contributed by atoms with Gasteiger partial charge in [-0.05, 0) is 50.8 Å². The van der Waals surface area contributed by atoms with Crippen molar-refractivity contribution in [3.63, 3.8) is 0 Å². The van der Waals surface area contributed by atoms with Gasteiger partial charge in [0.1, 0.15) is 0 Å². The van der Waals surface area contributed by atoms with Crippen molar-refractivity contribution in [1.29, 1.82) is 0 Å². The first-order chi connectivity index (χ1) is 9.42. The lowest BCUT2D eigenvalue weighted by molar-refractivity contribution is 0.208. The molecule has 104 valence electrons. The van der Waals surface area contributed by atoms with E-state index in [-0.39, 0.29) is 0 Å². The van der Waals surface area contributed by atoms with E-state index >= 15 is 0 Å². The van der Waals surface area contributed by atoms with Crippen molar-refractivity contribution in [3.8, 4) is 0 Å². The zero-order valence-corrected chi connectivity index (χ0v) is 11.9. The van der Waals surface area contributed by atoms with Gasteiger partial charge in [0.05, 0.1) is 0 Å². The topological polar surface area (TPSA) is 15.3 Å². The van der Waals surface area contributed by atoms with Gasteiger partial charge in [-0.25, -0.2) is 0 Å². The van der Waals surface area contributed by atoms with Gasteiger partial charge in [0.25, 0.3) is 0 Å². The Balaban J connectivity index is 1.55. The summed E-state index contributed by atoms with van der Waals surface area (Å²) in [5, 5.41) is 3.70. The second-order valence-electron chi connectivity index (χ2n) is 6.13. The molecule has 0 bridgehead atoms. The highest BCUT2D eigenvalue weighted by atomic mass is 15.2. The van der Waals surface area contributed by atoms with Crippen LogP contribution in [-0.2, 0) is 6.54 Å². The predicted octanol–water partition coefficient (Wildman–Crippen LogP) is 3.18. The molecule has 0 amide bonds. The maximum Gasteiger partial charge on any atom is 0.0236 e. The van der Waals surface area contributed by atoms with Crippen LogP contribution in [0.2, 0.25) is 0 Å². The number of rotatable bonds is 4. The lowest BCUT2D eigenvalue weighted by Gasteiger charge is -2.31. The predicted molar refractivity (Wildman–Crippen MR) is 80.1 cm³/mol. The lowest BCUT2D eigenvalue weighted by Crippen LogP contribution is -2.40. The van der Waals surface area contributed by atoms with Gasteiger partial charge in [-0.1, -0.05) is 36.8 Å². The Morgan fingerprint density at radius 3 is 2.74 bits per heavy atom. The molecule has 2 saturated heterocycles. The second-order valence-corrected chi connectivity index (χ2v) is 6.13. The fraction of sp³-hybridized carbons (Fsp3) is 0.647. The van der Waals surface area contributed by atoms with Gasteiger partial charge < -0.3 is 5.32 Å². The second kappa shape index (κ2) is 6.53. The Kier molecular flexibility index (Phi) is 4.52. The van der Waals surface area contributed by atoms with Gasteiger partial charge in [0, 0.05) is 18.6 Å². The van der Waals surface area contributed by atoms with Crippen LogP contribution in [0, 0.1) is 0 Å². The van der Waals surface area contributed by atoms with E-state index in [1.807, 2.05) is 0 Å². The van der Waals surface area contributed by atoms with Gasteiger partial charge in [-0.3, -0.25) is 4.90 Å². The molecule has 1 aromatic rings. The Morgan fingerprint density at radius 1 is 1.05 bits per heavy atom. The molecule has 1 N–H and O–H groups in total. The number of hydrogen-bond donors (Lipinski definition) is 1. The Morgan fingerprint density at radius 2 is 1.95 bits per heavy atom. The summed E-state index contributed by atoms with van der Waals surface area (Å²) >= 11 is 0. The third-order valence-electron chi connectivity index (χ3n) is 4.70. The maximum atomic E-state index is 3.70. The maximum absolute atomic E-state index is 3.70. The minimum atomic E-state index is 0.773. The van der Waals surface area contributed by atoms with Crippen LogP contribution in [0.4, 0.5) is 0 Å². The normalized spacial score (nSPS) is 28.6. The van der Waals surface area contributed by atoms with Crippen molar-refractivity contribution in [2.24, 2.45) is 0 Å². The Hall–Kier alpha value is -0.860. The summed E-state index contributed by atoms with van der Waals surface area (Å²) in [6, 6.07) is 12.5. The standard InChI is InChI=1S/C17H26N2/c1-2-7-15(8-3-1)14-19-12-6-10-17(19)13-16-9-4-5-11-18-16/h1-3,7-8,16-18H,4-6,9-14H2. The van der Waals surface area contributed by atoms with Crippen molar-refractivity contribution in [2.75, 3.05) is 13.1 Å². The number of hydrogen-bond acceptors (Lipinski definition) is 2. The van der Waals surface area contributed by atoms with Gasteiger partial charge in [-0.2, -0.15) is 0 Å². The van der Waals surface area contributed by atoms with Gasteiger partial charge in [0.15, 0.2) is 0 Å². The van der Waals surface area contributed by atoms with Crippen molar-refractivity contribution in [1.82, 2.24) is 10.2 Å². The summed E-state index contributed by atoms with van der Waals surface area (Å²) in [5.74, 6) is 0. The molecular formula is C17H26N2. The average Bonchev–Trinajstić information content (AvgIpc) is 2.88. The molecular weight excluding hydrogens is 232 g/mol. The molecule has 3 rings (SSSR count). The summed E-state index contributed by atoms with van der Waals surface area (Å²) < 4.78 is 0. The zero-order valence-electron chi connectivity index (χ0n) is 11.9. The molecule has 2 nitrogen and oxygen atoms in total. The molecule has 2 heterocycles. The van der Waals surface area contributed by atoms with Crippen molar-refractivity contribution >= 4 is 0 Å². The molecule has 2 aliphatic heterocycles. The molecule has 2 unspecified atom stereocenters. The first-order valence-corrected chi connectivity index (χ1v) is 7.93. The monoisotopic (exact) mass is 258 g/mol. The summed E-state index contributed by atoms with van der Waals surface area (Å²) in [4.78, 5) is 2.70. The number of piperidine rings is 1. The molecule has 0 aliphatic carbocycles. The molecule has 2 atom stereocenters. The number of nitrogens with zero attached hydrogens (tertiary/aromatic N) is 1. The van der Waals surface area contributed by atoms with Gasteiger partial charge in [-0.15, -0.1) is 0 Å². The van der Waals surface area contributed by atoms with E-state index in [0.29, 0.717) is 0 Å². The van der Waals surface area contributed by atoms with E-state index < -0.39 is 0 Å². The molecule has 0 spiro atoms. The quantitative estimate of drug-likeness (QED) is 0.892. The van der Waals surface area contributed by atoms with Crippen LogP contribution in [-0.4, -0.2) is 30.1 Å². The van der Waals surface area contributed by atoms with Crippen molar-refractivity contribution < 1.29 is 0 Å². The van der Waals surface area contributed by atoms with Crippen LogP contribution in [0.3, 0.4) is 0 Å². The molecule has 19 heavy (non-hydrogen) atoms. The molecule has 0 radical (unpaired) electrons. The zero-order chi connectivity index (χ0) is 12.9. The van der Waals surface area contributed by atoms with E-state index in [4.69, 9.17) is 0 Å². The molecule has 0 aromatic heterocycles. The van der Waals surface area contributed by atoms with Crippen LogP contribution in [0.15, 0.2) is 30.3 Å². The fourth-order valence-electron chi connectivity index (χ4n) is 3.64. The third kappa shape index (κ3) is 3.58.